The van der Waals surface area contributed by atoms with Gasteiger partial charge in [-0.2, -0.15) is 5.26 Å². The second kappa shape index (κ2) is 7.94. The summed E-state index contributed by atoms with van der Waals surface area (Å²) in [5, 5.41) is 12.1. The van der Waals surface area contributed by atoms with Gasteiger partial charge in [0, 0.05) is 12.2 Å². The summed E-state index contributed by atoms with van der Waals surface area (Å²) in [5.41, 5.74) is 2.84. The highest BCUT2D eigenvalue weighted by Gasteiger charge is 2.04. The van der Waals surface area contributed by atoms with E-state index in [2.05, 4.69) is 11.4 Å². The summed E-state index contributed by atoms with van der Waals surface area (Å²) in [6, 6.07) is 15.4. The molecular formula is C18H20N2O2. The van der Waals surface area contributed by atoms with Crippen molar-refractivity contribution in [1.82, 2.24) is 0 Å². The first kappa shape index (κ1) is 15.7. The molecule has 0 unspecified atom stereocenters. The second-order valence-electron chi connectivity index (χ2n) is 4.90. The minimum atomic E-state index is 0.673. The molecule has 0 spiro atoms. The Bertz CT molecular complexity index is 645. The SMILES string of the molecule is COc1ccc(OC)c(CCCNc2ccc(C#N)cc2)c1. The number of methoxy groups -OCH3 is 2. The van der Waals surface area contributed by atoms with E-state index in [-0.39, 0.29) is 0 Å². The zero-order chi connectivity index (χ0) is 15.8. The fourth-order valence-electron chi connectivity index (χ4n) is 2.25. The Hall–Kier alpha value is -2.67. The standard InChI is InChI=1S/C18H20N2O2/c1-21-17-9-10-18(22-2)15(12-17)4-3-11-20-16-7-5-14(13-19)6-8-16/h5-10,12,20H,3-4,11H2,1-2H3. The number of rotatable bonds is 7. The third-order valence-electron chi connectivity index (χ3n) is 3.45. The number of hydrogen-bond donors (Lipinski definition) is 1. The fourth-order valence-corrected chi connectivity index (χ4v) is 2.25. The third-order valence-corrected chi connectivity index (χ3v) is 3.45. The highest BCUT2D eigenvalue weighted by molar-refractivity contribution is 5.47. The molecular weight excluding hydrogens is 276 g/mol. The van der Waals surface area contributed by atoms with E-state index in [1.807, 2.05) is 42.5 Å². The first-order chi connectivity index (χ1) is 10.8. The second-order valence-corrected chi connectivity index (χ2v) is 4.90. The molecule has 4 nitrogen and oxygen atoms in total. The molecule has 0 aliphatic carbocycles. The van der Waals surface area contributed by atoms with Gasteiger partial charge in [0.2, 0.25) is 0 Å². The van der Waals surface area contributed by atoms with Crippen molar-refractivity contribution in [2.45, 2.75) is 12.8 Å². The molecule has 0 saturated carbocycles. The van der Waals surface area contributed by atoms with Crippen molar-refractivity contribution in [2.24, 2.45) is 0 Å². The lowest BCUT2D eigenvalue weighted by atomic mass is 10.1. The van der Waals surface area contributed by atoms with Crippen LogP contribution >= 0.6 is 0 Å². The summed E-state index contributed by atoms with van der Waals surface area (Å²) >= 11 is 0. The van der Waals surface area contributed by atoms with Crippen molar-refractivity contribution in [2.75, 3.05) is 26.1 Å². The van der Waals surface area contributed by atoms with Crippen molar-refractivity contribution in [3.8, 4) is 17.6 Å². The lowest BCUT2D eigenvalue weighted by Crippen LogP contribution is -2.03. The lowest BCUT2D eigenvalue weighted by molar-refractivity contribution is 0.398. The minimum absolute atomic E-state index is 0.673. The van der Waals surface area contributed by atoms with E-state index in [0.29, 0.717) is 5.56 Å². The van der Waals surface area contributed by atoms with Gasteiger partial charge in [-0.25, -0.2) is 0 Å². The van der Waals surface area contributed by atoms with E-state index in [1.54, 1.807) is 14.2 Å². The molecule has 2 aromatic carbocycles. The molecule has 0 fully saturated rings. The monoisotopic (exact) mass is 296 g/mol. The van der Waals surface area contributed by atoms with Crippen LogP contribution < -0.4 is 14.8 Å². The molecule has 0 saturated heterocycles. The van der Waals surface area contributed by atoms with Crippen molar-refractivity contribution >= 4 is 5.69 Å². The fraction of sp³-hybridized carbons (Fsp3) is 0.278. The Balaban J connectivity index is 1.86. The third kappa shape index (κ3) is 4.16. The van der Waals surface area contributed by atoms with Gasteiger partial charge in [-0.15, -0.1) is 0 Å². The molecule has 0 heterocycles. The molecule has 114 valence electrons. The van der Waals surface area contributed by atoms with E-state index in [1.165, 1.54) is 0 Å². The highest BCUT2D eigenvalue weighted by atomic mass is 16.5. The zero-order valence-electron chi connectivity index (χ0n) is 12.9. The first-order valence-corrected chi connectivity index (χ1v) is 7.21. The quantitative estimate of drug-likeness (QED) is 0.793. The van der Waals surface area contributed by atoms with Crippen LogP contribution in [-0.2, 0) is 6.42 Å². The number of benzene rings is 2. The molecule has 0 radical (unpaired) electrons. The number of ether oxygens (including phenoxy) is 2. The molecule has 0 aromatic heterocycles. The molecule has 22 heavy (non-hydrogen) atoms. The summed E-state index contributed by atoms with van der Waals surface area (Å²) in [5.74, 6) is 1.73. The van der Waals surface area contributed by atoms with Crippen LogP contribution in [-0.4, -0.2) is 20.8 Å². The normalized spacial score (nSPS) is 9.86. The maximum Gasteiger partial charge on any atom is 0.122 e. The Morgan fingerprint density at radius 2 is 1.82 bits per heavy atom. The van der Waals surface area contributed by atoms with Crippen LogP contribution in [0.15, 0.2) is 42.5 Å². The molecule has 0 atom stereocenters. The van der Waals surface area contributed by atoms with Crippen LogP contribution in [0.25, 0.3) is 0 Å². The van der Waals surface area contributed by atoms with E-state index < -0.39 is 0 Å². The van der Waals surface area contributed by atoms with Gasteiger partial charge in [0.25, 0.3) is 0 Å². The highest BCUT2D eigenvalue weighted by Crippen LogP contribution is 2.25. The Kier molecular flexibility index (Phi) is 5.67. The van der Waals surface area contributed by atoms with E-state index in [4.69, 9.17) is 14.7 Å². The van der Waals surface area contributed by atoms with Gasteiger partial charge in [-0.05, 0) is 60.9 Å². The summed E-state index contributed by atoms with van der Waals surface area (Å²) in [6.45, 7) is 0.853. The Labute approximate surface area is 131 Å². The lowest BCUT2D eigenvalue weighted by Gasteiger charge is -2.11. The first-order valence-electron chi connectivity index (χ1n) is 7.21. The maximum absolute atomic E-state index is 8.77. The summed E-state index contributed by atoms with van der Waals surface area (Å²) in [6.07, 6.45) is 1.88. The summed E-state index contributed by atoms with van der Waals surface area (Å²) < 4.78 is 10.6. The van der Waals surface area contributed by atoms with Crippen molar-refractivity contribution in [3.63, 3.8) is 0 Å². The van der Waals surface area contributed by atoms with Gasteiger partial charge in [0.15, 0.2) is 0 Å². The van der Waals surface area contributed by atoms with Crippen LogP contribution in [0.5, 0.6) is 11.5 Å². The van der Waals surface area contributed by atoms with E-state index >= 15 is 0 Å². The number of nitrogens with zero attached hydrogens (tertiary/aromatic N) is 1. The van der Waals surface area contributed by atoms with Crippen molar-refractivity contribution in [3.05, 3.63) is 53.6 Å². The largest absolute Gasteiger partial charge is 0.497 e. The molecule has 2 rings (SSSR count). The van der Waals surface area contributed by atoms with Crippen molar-refractivity contribution in [1.29, 1.82) is 5.26 Å². The van der Waals surface area contributed by atoms with Gasteiger partial charge in [0.1, 0.15) is 11.5 Å². The zero-order valence-corrected chi connectivity index (χ0v) is 12.9. The van der Waals surface area contributed by atoms with Gasteiger partial charge in [-0.3, -0.25) is 0 Å². The summed E-state index contributed by atoms with van der Waals surface area (Å²) in [7, 11) is 3.35. The number of hydrogen-bond acceptors (Lipinski definition) is 4. The molecule has 1 N–H and O–H groups in total. The van der Waals surface area contributed by atoms with Crippen LogP contribution in [0, 0.1) is 11.3 Å². The van der Waals surface area contributed by atoms with Gasteiger partial charge < -0.3 is 14.8 Å². The smallest absolute Gasteiger partial charge is 0.122 e. The maximum atomic E-state index is 8.77. The Morgan fingerprint density at radius 1 is 1.05 bits per heavy atom. The van der Waals surface area contributed by atoms with Gasteiger partial charge in [-0.1, -0.05) is 0 Å². The number of nitrogens with one attached hydrogen (secondary N) is 1. The molecule has 4 heteroatoms. The predicted molar refractivity (Wildman–Crippen MR) is 87.5 cm³/mol. The molecule has 0 aliphatic rings. The van der Waals surface area contributed by atoms with Crippen LogP contribution in [0.1, 0.15) is 17.5 Å². The minimum Gasteiger partial charge on any atom is -0.497 e. The predicted octanol–water partition coefficient (Wildman–Crippen LogP) is 3.62. The average molecular weight is 296 g/mol. The van der Waals surface area contributed by atoms with Crippen LogP contribution in [0.4, 0.5) is 5.69 Å². The molecule has 2 aromatic rings. The van der Waals surface area contributed by atoms with Crippen molar-refractivity contribution < 1.29 is 9.47 Å². The summed E-state index contributed by atoms with van der Waals surface area (Å²) in [4.78, 5) is 0. The topological polar surface area (TPSA) is 54.3 Å². The Morgan fingerprint density at radius 3 is 2.45 bits per heavy atom. The van der Waals surface area contributed by atoms with E-state index in [0.717, 1.165) is 42.1 Å². The van der Waals surface area contributed by atoms with Gasteiger partial charge >= 0.3 is 0 Å². The van der Waals surface area contributed by atoms with E-state index in [9.17, 15) is 0 Å². The number of aryl methyl sites for hydroxylation is 1. The number of nitriles is 1. The molecule has 0 bridgehead atoms. The average Bonchev–Trinajstić information content (AvgIpc) is 2.59. The van der Waals surface area contributed by atoms with Crippen LogP contribution in [0.3, 0.4) is 0 Å². The molecule has 0 aliphatic heterocycles. The molecule has 0 amide bonds. The van der Waals surface area contributed by atoms with Crippen LogP contribution in [0.2, 0.25) is 0 Å². The number of anilines is 1. The van der Waals surface area contributed by atoms with Gasteiger partial charge in [0.05, 0.1) is 25.9 Å².